The van der Waals surface area contributed by atoms with Crippen molar-refractivity contribution in [3.63, 3.8) is 0 Å². The molecule has 0 unspecified atom stereocenters. The standard InChI is InChI=1S/C57H33N5OS/c1-3-16-34(17-4-1)43-30-36(31-46-39-22-9-13-28-51(39)63-53(43)46)61-47-26-11-7-20-37(47)44-32-45-38-21-8-12-27-48(38)62(50(45)33-49(44)61)57-59-55(35-18-5-2-6-19-35)58-56(60-57)42-25-15-24-41-40-23-10-14-29-52(40)64-54(41)42/h1-33H/i1D,2D,3D,4D,5D,6D,7D,8D,9D,10D,11D,12D,13D,14D,15D,16D,17D,18D,19D,20D,21D,22D,23D,24D,25D,26D,27D,28D,29D,30D,31D,32D,33D. The predicted molar refractivity (Wildman–Crippen MR) is 265 cm³/mol. The average molecular weight is 869 g/mol. The van der Waals surface area contributed by atoms with E-state index in [1.165, 1.54) is 0 Å². The average Bonchev–Trinajstić information content (AvgIpc) is 1.52. The first-order chi connectivity index (χ1) is 45.5. The Morgan fingerprint density at radius 2 is 1.02 bits per heavy atom. The summed E-state index contributed by atoms with van der Waals surface area (Å²) in [5, 5.41) is -4.42. The van der Waals surface area contributed by atoms with E-state index in [9.17, 15) is 15.1 Å². The topological polar surface area (TPSA) is 61.7 Å². The molecule has 0 aliphatic carbocycles. The van der Waals surface area contributed by atoms with Crippen molar-refractivity contribution in [3.8, 4) is 45.5 Å². The molecule has 298 valence electrons. The van der Waals surface area contributed by atoms with Gasteiger partial charge in [0.15, 0.2) is 11.6 Å². The largest absolute Gasteiger partial charge is 0.455 e. The van der Waals surface area contributed by atoms with Crippen LogP contribution in [0.15, 0.2) is 204 Å². The minimum Gasteiger partial charge on any atom is -0.455 e. The van der Waals surface area contributed by atoms with E-state index in [0.717, 1.165) is 9.13 Å². The highest BCUT2D eigenvalue weighted by molar-refractivity contribution is 7.26. The molecule has 0 aliphatic heterocycles. The van der Waals surface area contributed by atoms with E-state index < -0.39 is 310 Å². The molecule has 14 rings (SSSR count). The van der Waals surface area contributed by atoms with Crippen LogP contribution < -0.4 is 0 Å². The zero-order valence-electron chi connectivity index (χ0n) is 64.6. The Hall–Kier alpha value is -8.39. The fourth-order valence-electron chi connectivity index (χ4n) is 7.77. The monoisotopic (exact) mass is 868 g/mol. The minimum atomic E-state index is -1.09. The molecule has 0 amide bonds. The lowest BCUT2D eigenvalue weighted by atomic mass is 10.0. The van der Waals surface area contributed by atoms with Gasteiger partial charge in [-0.3, -0.25) is 4.57 Å². The second-order valence-corrected chi connectivity index (χ2v) is 14.9. The molecule has 5 aromatic heterocycles. The third-order valence-electron chi connectivity index (χ3n) is 10.4. The molecule has 0 fully saturated rings. The molecule has 0 saturated carbocycles. The van der Waals surface area contributed by atoms with Crippen LogP contribution in [0.4, 0.5) is 0 Å². The lowest BCUT2D eigenvalue weighted by molar-refractivity contribution is 0.670. The summed E-state index contributed by atoms with van der Waals surface area (Å²) in [5.41, 5.74) is -8.33. The normalized spacial score (nSPS) is 19.3. The Labute approximate surface area is 415 Å². The van der Waals surface area contributed by atoms with Gasteiger partial charge in [-0.1, -0.05) is 145 Å². The smallest absolute Gasteiger partial charge is 0.238 e. The fraction of sp³-hybridized carbons (Fsp3) is 0. The summed E-state index contributed by atoms with van der Waals surface area (Å²) in [6, 6.07) is -30.1. The summed E-state index contributed by atoms with van der Waals surface area (Å²) < 4.78 is 309. The van der Waals surface area contributed by atoms with Gasteiger partial charge < -0.3 is 8.98 Å². The van der Waals surface area contributed by atoms with E-state index in [1.807, 2.05) is 0 Å². The molecule has 7 heteroatoms. The Morgan fingerprint density at radius 1 is 0.406 bits per heavy atom. The molecule has 0 saturated heterocycles. The summed E-state index contributed by atoms with van der Waals surface area (Å²) in [6.07, 6.45) is 0. The first kappa shape index (κ1) is 16.1. The molecule has 9 aromatic carbocycles. The van der Waals surface area contributed by atoms with Crippen molar-refractivity contribution in [2.45, 2.75) is 0 Å². The Kier molecular flexibility index (Phi) is 3.40. The van der Waals surface area contributed by atoms with Gasteiger partial charge in [0, 0.05) is 74.9 Å². The van der Waals surface area contributed by atoms with E-state index in [4.69, 9.17) is 39.6 Å². The molecule has 0 bridgehead atoms. The first-order valence-corrected chi connectivity index (χ1v) is 19.6. The van der Waals surface area contributed by atoms with Crippen LogP contribution in [0.3, 0.4) is 0 Å². The van der Waals surface area contributed by atoms with Crippen LogP contribution in [0.1, 0.15) is 45.2 Å². The number of rotatable bonds is 5. The SMILES string of the molecule is [2H]c1c([2H])c([2H])c(-c2nc(-c3c([2H])c([2H])c([2H])c4c3sc3c([2H])c([2H])c([2H])c([2H])c34)nc(-n3c4c([2H])c([2H])c([2H])c([2H])c4c4c([2H])c5c6c([2H])c([2H])c([2H])c([2H])c6n(-c6c([2H])c(-c7c([2H])c([2H])c([2H])c([2H])c7[2H])c7oc8c([2H])c([2H])c([2H])c([2H])c8c7c6[2H])c5c([2H])c43)n2)c([2H])c1[2H]. The van der Waals surface area contributed by atoms with Gasteiger partial charge in [0.05, 0.1) is 67.3 Å². The molecule has 6 nitrogen and oxygen atoms in total. The molecule has 64 heavy (non-hydrogen) atoms. The summed E-state index contributed by atoms with van der Waals surface area (Å²) in [6.45, 7) is 0. The van der Waals surface area contributed by atoms with Crippen LogP contribution in [-0.2, 0) is 0 Å². The Bertz CT molecular complexity index is 6130. The van der Waals surface area contributed by atoms with Crippen LogP contribution >= 0.6 is 11.3 Å². The maximum absolute atomic E-state index is 10.7. The van der Waals surface area contributed by atoms with E-state index >= 15 is 0 Å². The van der Waals surface area contributed by atoms with Crippen molar-refractivity contribution < 1.29 is 49.7 Å². The minimum absolute atomic E-state index is 0.182. The van der Waals surface area contributed by atoms with Crippen molar-refractivity contribution in [2.24, 2.45) is 0 Å². The zero-order chi connectivity index (χ0) is 70.6. The molecule has 5 heterocycles. The molecule has 0 spiro atoms. The van der Waals surface area contributed by atoms with E-state index in [2.05, 4.69) is 9.97 Å². The number of benzene rings is 9. The quantitative estimate of drug-likeness (QED) is 0.173. The molecular formula is C57H33N5OS. The Balaban J connectivity index is 1.26. The first-order valence-electron chi connectivity index (χ1n) is 35.2. The van der Waals surface area contributed by atoms with Crippen molar-refractivity contribution in [1.29, 1.82) is 0 Å². The van der Waals surface area contributed by atoms with Crippen molar-refractivity contribution in [2.75, 3.05) is 0 Å². The van der Waals surface area contributed by atoms with E-state index in [1.54, 1.807) is 0 Å². The predicted octanol–water partition coefficient (Wildman–Crippen LogP) is 15.3. The number of furan rings is 1. The lowest BCUT2D eigenvalue weighted by Gasteiger charge is -2.13. The summed E-state index contributed by atoms with van der Waals surface area (Å²) in [5.74, 6) is -2.65. The Morgan fingerprint density at radius 3 is 1.80 bits per heavy atom. The van der Waals surface area contributed by atoms with Crippen LogP contribution in [-0.4, -0.2) is 24.1 Å². The second kappa shape index (κ2) is 13.6. The number of para-hydroxylation sites is 3. The van der Waals surface area contributed by atoms with Crippen LogP contribution in [0, 0.1) is 0 Å². The van der Waals surface area contributed by atoms with Crippen LogP contribution in [0.2, 0.25) is 0 Å². The summed E-state index contributed by atoms with van der Waals surface area (Å²) in [4.78, 5) is 13.8. The molecule has 14 aromatic rings. The van der Waals surface area contributed by atoms with Crippen LogP contribution in [0.5, 0.6) is 0 Å². The molecule has 0 atom stereocenters. The molecule has 0 N–H and O–H groups in total. The lowest BCUT2D eigenvalue weighted by Crippen LogP contribution is -2.06. The highest BCUT2D eigenvalue weighted by Gasteiger charge is 2.23. The number of nitrogens with zero attached hydrogens (tertiary/aromatic N) is 5. The molecule has 0 aliphatic rings. The van der Waals surface area contributed by atoms with Gasteiger partial charge in [-0.15, -0.1) is 11.3 Å². The summed E-state index contributed by atoms with van der Waals surface area (Å²) in [7, 11) is 0. The van der Waals surface area contributed by atoms with Crippen molar-refractivity contribution >= 4 is 97.1 Å². The highest BCUT2D eigenvalue weighted by Crippen LogP contribution is 2.44. The van der Waals surface area contributed by atoms with Gasteiger partial charge in [0.2, 0.25) is 5.95 Å². The van der Waals surface area contributed by atoms with Crippen molar-refractivity contribution in [3.05, 3.63) is 199 Å². The molecule has 0 radical (unpaired) electrons. The van der Waals surface area contributed by atoms with Gasteiger partial charge in [0.25, 0.3) is 0 Å². The van der Waals surface area contributed by atoms with Gasteiger partial charge in [0.1, 0.15) is 11.2 Å². The maximum Gasteiger partial charge on any atom is 0.238 e. The van der Waals surface area contributed by atoms with E-state index in [0.29, 0.717) is 11.3 Å². The van der Waals surface area contributed by atoms with Gasteiger partial charge in [-0.25, -0.2) is 4.98 Å². The highest BCUT2D eigenvalue weighted by atomic mass is 32.1. The van der Waals surface area contributed by atoms with Gasteiger partial charge in [-0.2, -0.15) is 9.97 Å². The van der Waals surface area contributed by atoms with Crippen LogP contribution in [0.25, 0.3) is 131 Å². The second-order valence-electron chi connectivity index (χ2n) is 13.8. The fourth-order valence-corrected chi connectivity index (χ4v) is 8.83. The van der Waals surface area contributed by atoms with Crippen molar-refractivity contribution in [1.82, 2.24) is 24.1 Å². The summed E-state index contributed by atoms with van der Waals surface area (Å²) >= 11 is 0.599. The third kappa shape index (κ3) is 5.16. The maximum atomic E-state index is 10.7. The number of thiophene rings is 1. The number of hydrogen-bond acceptors (Lipinski definition) is 5. The van der Waals surface area contributed by atoms with Gasteiger partial charge in [-0.05, 0) is 59.9 Å². The molecular weight excluding hydrogens is 803 g/mol. The van der Waals surface area contributed by atoms with E-state index in [-0.39, 0.29) is 20.2 Å². The number of aromatic nitrogens is 5. The van der Waals surface area contributed by atoms with Gasteiger partial charge >= 0.3 is 0 Å². The number of hydrogen-bond donors (Lipinski definition) is 0. The number of fused-ring (bicyclic) bond motifs is 12. The third-order valence-corrected chi connectivity index (χ3v) is 11.5. The zero-order valence-corrected chi connectivity index (χ0v) is 32.4.